The fraction of sp³-hybridized carbons (Fsp3) is 0.600. The third-order valence-corrected chi connectivity index (χ3v) is 5.74. The van der Waals surface area contributed by atoms with Crippen LogP contribution in [0.3, 0.4) is 0 Å². The van der Waals surface area contributed by atoms with Gasteiger partial charge in [0, 0.05) is 25.6 Å². The normalized spacial score (nSPS) is 18.5. The van der Waals surface area contributed by atoms with E-state index in [1.807, 2.05) is 26.0 Å². The summed E-state index contributed by atoms with van der Waals surface area (Å²) in [4.78, 5) is 2.42. The second-order valence-electron chi connectivity index (χ2n) is 7.79. The summed E-state index contributed by atoms with van der Waals surface area (Å²) in [7, 11) is 0. The average Bonchev–Trinajstić information content (AvgIpc) is 3.09. The third kappa shape index (κ3) is 4.03. The summed E-state index contributed by atoms with van der Waals surface area (Å²) in [5.41, 5.74) is 2.66. The molecule has 0 unspecified atom stereocenters. The number of hydrogen-bond acceptors (Lipinski definition) is 5. The number of aromatic nitrogens is 3. The Hall–Kier alpha value is -2.06. The van der Waals surface area contributed by atoms with E-state index < -0.39 is 6.61 Å². The summed E-state index contributed by atoms with van der Waals surface area (Å²) in [6.07, 6.45) is 2.13. The van der Waals surface area contributed by atoms with Crippen LogP contribution >= 0.6 is 0 Å². The lowest BCUT2D eigenvalue weighted by Gasteiger charge is -2.32. The molecule has 1 N–H and O–H groups in total. The molecule has 6 nitrogen and oxygen atoms in total. The van der Waals surface area contributed by atoms with E-state index >= 15 is 0 Å². The molecule has 1 aromatic carbocycles. The topological polar surface area (TPSA) is 55.2 Å². The van der Waals surface area contributed by atoms with Crippen LogP contribution in [0.25, 0.3) is 0 Å². The number of nitrogens with zero attached hydrogens (tertiary/aromatic N) is 4. The summed E-state index contributed by atoms with van der Waals surface area (Å²) in [6, 6.07) is 3.91. The molecular weight excluding hydrogens is 364 g/mol. The van der Waals surface area contributed by atoms with Gasteiger partial charge in [0.2, 0.25) is 0 Å². The maximum atomic E-state index is 12.6. The molecule has 2 aromatic rings. The number of nitrogens with one attached hydrogen (secondary N) is 1. The Balaban J connectivity index is 1.38. The van der Waals surface area contributed by atoms with Gasteiger partial charge in [-0.2, -0.15) is 8.78 Å². The molecule has 0 aliphatic carbocycles. The molecule has 0 atom stereocenters. The van der Waals surface area contributed by atoms with Crippen molar-refractivity contribution < 1.29 is 13.5 Å². The van der Waals surface area contributed by atoms with Gasteiger partial charge in [-0.25, -0.2) is 0 Å². The first-order valence-corrected chi connectivity index (χ1v) is 9.91. The zero-order valence-corrected chi connectivity index (χ0v) is 16.4. The maximum Gasteiger partial charge on any atom is 0.387 e. The summed E-state index contributed by atoms with van der Waals surface area (Å²) in [5, 5.41) is 12.1. The van der Waals surface area contributed by atoms with Gasteiger partial charge >= 0.3 is 6.61 Å². The molecule has 8 heteroatoms. The molecule has 2 aliphatic rings. The van der Waals surface area contributed by atoms with Crippen molar-refractivity contribution in [3.05, 3.63) is 40.5 Å². The predicted molar refractivity (Wildman–Crippen MR) is 102 cm³/mol. The molecule has 0 saturated carbocycles. The van der Waals surface area contributed by atoms with Crippen LogP contribution in [0.1, 0.15) is 47.1 Å². The maximum absolute atomic E-state index is 12.6. The SMILES string of the molecule is Cc1cc(CN2CCC(c3nnc4n3CCNC4)CC2)cc(C)c1OC(F)F. The Bertz CT molecular complexity index is 807. The van der Waals surface area contributed by atoms with E-state index in [9.17, 15) is 8.78 Å². The molecule has 1 saturated heterocycles. The summed E-state index contributed by atoms with van der Waals surface area (Å²) >= 11 is 0. The lowest BCUT2D eigenvalue weighted by atomic mass is 9.95. The third-order valence-electron chi connectivity index (χ3n) is 5.74. The highest BCUT2D eigenvalue weighted by atomic mass is 19.3. The number of benzene rings is 1. The fourth-order valence-electron chi connectivity index (χ4n) is 4.43. The minimum atomic E-state index is -2.79. The van der Waals surface area contributed by atoms with E-state index in [1.54, 1.807) is 0 Å². The van der Waals surface area contributed by atoms with Crippen LogP contribution in [-0.2, 0) is 19.6 Å². The van der Waals surface area contributed by atoms with Gasteiger partial charge < -0.3 is 14.6 Å². The van der Waals surface area contributed by atoms with Crippen molar-refractivity contribution in [1.82, 2.24) is 25.0 Å². The molecule has 3 heterocycles. The molecule has 0 spiro atoms. The van der Waals surface area contributed by atoms with Gasteiger partial charge in [-0.3, -0.25) is 4.90 Å². The molecule has 4 rings (SSSR count). The quantitative estimate of drug-likeness (QED) is 0.849. The number of fused-ring (bicyclic) bond motifs is 1. The van der Waals surface area contributed by atoms with E-state index in [1.165, 1.54) is 0 Å². The molecule has 28 heavy (non-hydrogen) atoms. The van der Waals surface area contributed by atoms with Crippen LogP contribution in [0, 0.1) is 13.8 Å². The highest BCUT2D eigenvalue weighted by Crippen LogP contribution is 2.30. The zero-order valence-electron chi connectivity index (χ0n) is 16.4. The molecule has 2 aliphatic heterocycles. The van der Waals surface area contributed by atoms with Gasteiger partial charge in [0.1, 0.15) is 17.4 Å². The summed E-state index contributed by atoms with van der Waals surface area (Å²) in [6.45, 7) is 6.40. The van der Waals surface area contributed by atoms with E-state index in [0.717, 1.165) is 80.4 Å². The van der Waals surface area contributed by atoms with E-state index in [0.29, 0.717) is 11.7 Å². The Kier molecular flexibility index (Phi) is 5.59. The standard InChI is InChI=1S/C20H27F2N5O/c1-13-9-15(10-14(2)18(13)28-20(21)22)12-26-6-3-16(4-7-26)19-25-24-17-11-23-5-8-27(17)19/h9-10,16,20,23H,3-8,11-12H2,1-2H3. The number of halogens is 2. The van der Waals surface area contributed by atoms with Crippen LogP contribution in [0.2, 0.25) is 0 Å². The Labute approximate surface area is 163 Å². The lowest BCUT2D eigenvalue weighted by Crippen LogP contribution is -2.34. The van der Waals surface area contributed by atoms with Crippen molar-refractivity contribution in [2.75, 3.05) is 19.6 Å². The van der Waals surface area contributed by atoms with E-state index in [2.05, 4.69) is 29.7 Å². The van der Waals surface area contributed by atoms with Crippen molar-refractivity contribution in [1.29, 1.82) is 0 Å². The predicted octanol–water partition coefficient (Wildman–Crippen LogP) is 2.98. The largest absolute Gasteiger partial charge is 0.434 e. The number of aryl methyl sites for hydroxylation is 2. The van der Waals surface area contributed by atoms with Gasteiger partial charge in [-0.05, 0) is 56.5 Å². The highest BCUT2D eigenvalue weighted by molar-refractivity contribution is 5.43. The van der Waals surface area contributed by atoms with Crippen molar-refractivity contribution >= 4 is 0 Å². The lowest BCUT2D eigenvalue weighted by molar-refractivity contribution is -0.0507. The van der Waals surface area contributed by atoms with Gasteiger partial charge in [0.25, 0.3) is 0 Å². The summed E-state index contributed by atoms with van der Waals surface area (Å²) in [5.74, 6) is 2.93. The summed E-state index contributed by atoms with van der Waals surface area (Å²) < 4.78 is 32.1. The van der Waals surface area contributed by atoms with Gasteiger partial charge in [-0.1, -0.05) is 12.1 Å². The van der Waals surface area contributed by atoms with E-state index in [4.69, 9.17) is 0 Å². The van der Waals surface area contributed by atoms with Crippen molar-refractivity contribution in [3.8, 4) is 5.75 Å². The first-order chi connectivity index (χ1) is 13.5. The molecule has 0 bridgehead atoms. The number of ether oxygens (including phenoxy) is 1. The van der Waals surface area contributed by atoms with Gasteiger partial charge in [0.05, 0.1) is 6.54 Å². The second-order valence-corrected chi connectivity index (χ2v) is 7.79. The number of likely N-dealkylation sites (tertiary alicyclic amines) is 1. The van der Waals surface area contributed by atoms with Crippen molar-refractivity contribution in [2.45, 2.75) is 58.9 Å². The van der Waals surface area contributed by atoms with Crippen LogP contribution in [0.5, 0.6) is 5.75 Å². The molecule has 1 fully saturated rings. The van der Waals surface area contributed by atoms with Crippen LogP contribution in [0.15, 0.2) is 12.1 Å². The van der Waals surface area contributed by atoms with Crippen LogP contribution < -0.4 is 10.1 Å². The smallest absolute Gasteiger partial charge is 0.387 e. The second kappa shape index (κ2) is 8.13. The molecule has 152 valence electrons. The number of hydrogen-bond donors (Lipinski definition) is 1. The van der Waals surface area contributed by atoms with E-state index in [-0.39, 0.29) is 0 Å². The monoisotopic (exact) mass is 391 g/mol. The number of piperidine rings is 1. The minimum Gasteiger partial charge on any atom is -0.434 e. The number of rotatable bonds is 5. The number of alkyl halides is 2. The van der Waals surface area contributed by atoms with Crippen molar-refractivity contribution in [2.24, 2.45) is 0 Å². The molecule has 0 amide bonds. The Morgan fingerprint density at radius 2 is 1.86 bits per heavy atom. The highest BCUT2D eigenvalue weighted by Gasteiger charge is 2.27. The minimum absolute atomic E-state index is 0.295. The molecule has 1 aromatic heterocycles. The Morgan fingerprint density at radius 3 is 2.54 bits per heavy atom. The Morgan fingerprint density at radius 1 is 1.14 bits per heavy atom. The first kappa shape index (κ1) is 19.3. The van der Waals surface area contributed by atoms with Crippen LogP contribution in [-0.4, -0.2) is 45.9 Å². The van der Waals surface area contributed by atoms with Gasteiger partial charge in [-0.15, -0.1) is 10.2 Å². The average molecular weight is 391 g/mol. The fourth-order valence-corrected chi connectivity index (χ4v) is 4.43. The van der Waals surface area contributed by atoms with Gasteiger partial charge in [0.15, 0.2) is 0 Å². The van der Waals surface area contributed by atoms with Crippen molar-refractivity contribution in [3.63, 3.8) is 0 Å². The zero-order chi connectivity index (χ0) is 19.7. The van der Waals surface area contributed by atoms with Crippen LogP contribution in [0.4, 0.5) is 8.78 Å². The first-order valence-electron chi connectivity index (χ1n) is 9.91. The molecule has 0 radical (unpaired) electrons. The molecular formula is C20H27F2N5O.